The summed E-state index contributed by atoms with van der Waals surface area (Å²) < 4.78 is 7.42. The van der Waals surface area contributed by atoms with Gasteiger partial charge in [-0.05, 0) is 54.4 Å². The van der Waals surface area contributed by atoms with Gasteiger partial charge < -0.3 is 21.1 Å². The van der Waals surface area contributed by atoms with Crippen LogP contribution in [0.15, 0.2) is 35.5 Å². The third-order valence-electron chi connectivity index (χ3n) is 5.44. The van der Waals surface area contributed by atoms with Crippen molar-refractivity contribution in [2.75, 3.05) is 30.8 Å². The minimum atomic E-state index is 0.305. The number of fused-ring (bicyclic) bond motifs is 1. The Morgan fingerprint density at radius 2 is 2.00 bits per heavy atom. The van der Waals surface area contributed by atoms with Crippen LogP contribution in [0, 0.1) is 10.8 Å². The van der Waals surface area contributed by atoms with E-state index in [2.05, 4.69) is 29.7 Å². The summed E-state index contributed by atoms with van der Waals surface area (Å²) in [5, 5.41) is 9.74. The molecule has 2 aromatic heterocycles. The number of benzene rings is 1. The highest BCUT2D eigenvalue weighted by atomic mass is 16.5. The molecule has 1 aromatic carbocycles. The normalized spacial score (nSPS) is 11.1. The van der Waals surface area contributed by atoms with Crippen molar-refractivity contribution < 1.29 is 4.74 Å². The molecule has 0 bridgehead atoms. The van der Waals surface area contributed by atoms with Crippen molar-refractivity contribution in [3.63, 3.8) is 0 Å². The lowest BCUT2D eigenvalue weighted by molar-refractivity contribution is 0.417. The van der Waals surface area contributed by atoms with Crippen LogP contribution in [0.2, 0.25) is 0 Å². The summed E-state index contributed by atoms with van der Waals surface area (Å²) in [5.41, 5.74) is 8.22. The fourth-order valence-corrected chi connectivity index (χ4v) is 3.45. The first-order valence-electron chi connectivity index (χ1n) is 10.7. The third kappa shape index (κ3) is 5.29. The first kappa shape index (κ1) is 22.5. The summed E-state index contributed by atoms with van der Waals surface area (Å²) in [7, 11) is 1.57. The van der Waals surface area contributed by atoms with Crippen molar-refractivity contribution in [3.8, 4) is 5.75 Å². The fraction of sp³-hybridized carbons (Fsp3) is 0.455. The lowest BCUT2D eigenvalue weighted by Gasteiger charge is -2.14. The summed E-state index contributed by atoms with van der Waals surface area (Å²) in [6, 6.07) is 8.85. The minimum absolute atomic E-state index is 0.305. The van der Waals surface area contributed by atoms with Gasteiger partial charge in [0.25, 0.3) is 0 Å². The molecule has 9 nitrogen and oxygen atoms in total. The van der Waals surface area contributed by atoms with Crippen LogP contribution in [0.25, 0.3) is 11.2 Å². The maximum absolute atomic E-state index is 11.0. The summed E-state index contributed by atoms with van der Waals surface area (Å²) in [6.45, 7) is 6.51. The molecule has 31 heavy (non-hydrogen) atoms. The minimum Gasteiger partial charge on any atom is -0.495 e. The second-order valence-electron chi connectivity index (χ2n) is 7.43. The molecular formula is C22H31N7O2. The number of pyridine rings is 1. The number of hydrogen-bond acceptors (Lipinski definition) is 8. The van der Waals surface area contributed by atoms with Gasteiger partial charge in [-0.25, -0.2) is 9.97 Å². The molecule has 0 amide bonds. The molecule has 166 valence electrons. The molecule has 0 saturated heterocycles. The van der Waals surface area contributed by atoms with Gasteiger partial charge in [-0.2, -0.15) is 0 Å². The van der Waals surface area contributed by atoms with E-state index < -0.39 is 0 Å². The van der Waals surface area contributed by atoms with Crippen LogP contribution in [0.5, 0.6) is 5.75 Å². The Bertz CT molecular complexity index is 1010. The maximum atomic E-state index is 11.0. The lowest BCUT2D eigenvalue weighted by atomic mass is 10.0. The Kier molecular flexibility index (Phi) is 7.77. The quantitative estimate of drug-likeness (QED) is 0.357. The molecule has 0 radical (unpaired) electrons. The van der Waals surface area contributed by atoms with Gasteiger partial charge in [0.2, 0.25) is 5.95 Å². The molecule has 0 spiro atoms. The van der Waals surface area contributed by atoms with E-state index in [0.29, 0.717) is 42.1 Å². The van der Waals surface area contributed by atoms with Gasteiger partial charge in [0.05, 0.1) is 12.8 Å². The molecule has 2 heterocycles. The average Bonchev–Trinajstić information content (AvgIpc) is 3.14. The number of hydrogen-bond donors (Lipinski definition) is 3. The monoisotopic (exact) mass is 425 g/mol. The number of nitrogens with one attached hydrogen (secondary N) is 2. The predicted octanol–water partition coefficient (Wildman–Crippen LogP) is 4.78. The van der Waals surface area contributed by atoms with E-state index in [4.69, 9.17) is 20.4 Å². The van der Waals surface area contributed by atoms with Gasteiger partial charge in [0.1, 0.15) is 22.8 Å². The van der Waals surface area contributed by atoms with Crippen LogP contribution in [-0.2, 0) is 6.54 Å². The van der Waals surface area contributed by atoms with Crippen LogP contribution < -0.4 is 21.1 Å². The van der Waals surface area contributed by atoms with Crippen molar-refractivity contribution in [2.24, 2.45) is 16.8 Å². The fourth-order valence-electron chi connectivity index (χ4n) is 3.45. The molecule has 0 atom stereocenters. The molecule has 3 aromatic rings. The van der Waals surface area contributed by atoms with Crippen LogP contribution in [0.4, 0.5) is 23.1 Å². The highest BCUT2D eigenvalue weighted by Crippen LogP contribution is 2.32. The Morgan fingerprint density at radius 1 is 1.19 bits per heavy atom. The van der Waals surface area contributed by atoms with Crippen molar-refractivity contribution in [2.45, 2.75) is 39.7 Å². The molecule has 0 aliphatic heterocycles. The number of rotatable bonds is 12. The number of nitrogens with zero attached hydrogens (tertiary/aromatic N) is 4. The molecule has 0 fully saturated rings. The van der Waals surface area contributed by atoms with Crippen molar-refractivity contribution >= 4 is 34.3 Å². The third-order valence-corrected chi connectivity index (χ3v) is 5.44. The number of methoxy groups -OCH3 is 1. The summed E-state index contributed by atoms with van der Waals surface area (Å²) in [4.78, 5) is 20.5. The number of nitrogens with two attached hydrogens (primary N) is 1. The molecule has 0 unspecified atom stereocenters. The largest absolute Gasteiger partial charge is 0.495 e. The van der Waals surface area contributed by atoms with Gasteiger partial charge in [-0.3, -0.25) is 4.57 Å². The van der Waals surface area contributed by atoms with E-state index in [1.807, 2.05) is 16.7 Å². The second kappa shape index (κ2) is 10.7. The lowest BCUT2D eigenvalue weighted by Crippen LogP contribution is -2.14. The zero-order valence-corrected chi connectivity index (χ0v) is 18.4. The Morgan fingerprint density at radius 3 is 2.68 bits per heavy atom. The average molecular weight is 426 g/mol. The zero-order chi connectivity index (χ0) is 22.2. The summed E-state index contributed by atoms with van der Waals surface area (Å²) >= 11 is 0. The highest BCUT2D eigenvalue weighted by molar-refractivity contribution is 5.79. The van der Waals surface area contributed by atoms with Crippen molar-refractivity contribution in [1.82, 2.24) is 14.5 Å². The SMILES string of the molecule is CCC(CC)CNc1ccc2nc(Nc3cc(N=O)ccc3OC)n(CCCN)c2n1. The van der Waals surface area contributed by atoms with E-state index >= 15 is 0 Å². The van der Waals surface area contributed by atoms with Gasteiger partial charge >= 0.3 is 0 Å². The number of aromatic nitrogens is 3. The molecule has 0 saturated carbocycles. The highest BCUT2D eigenvalue weighted by Gasteiger charge is 2.15. The summed E-state index contributed by atoms with van der Waals surface area (Å²) in [5.74, 6) is 2.63. The number of aryl methyl sites for hydroxylation is 1. The molecule has 4 N–H and O–H groups in total. The topological polar surface area (TPSA) is 119 Å². The predicted molar refractivity (Wildman–Crippen MR) is 125 cm³/mol. The first-order valence-corrected chi connectivity index (χ1v) is 10.7. The standard InChI is InChI=1S/C22H31N7O2/c1-4-15(5-2)14-24-20-10-8-17-21(27-20)29(12-6-11-23)22(25-17)26-18-13-16(28-30)7-9-19(18)31-3/h7-10,13,15H,4-6,11-12,14,23H2,1-3H3,(H,24,27)(H,25,26). The van der Waals surface area contributed by atoms with Crippen LogP contribution in [0.1, 0.15) is 33.1 Å². The summed E-state index contributed by atoms with van der Waals surface area (Å²) in [6.07, 6.45) is 3.04. The van der Waals surface area contributed by atoms with Gasteiger partial charge in [-0.15, -0.1) is 4.91 Å². The zero-order valence-electron chi connectivity index (χ0n) is 18.4. The smallest absolute Gasteiger partial charge is 0.209 e. The second-order valence-corrected chi connectivity index (χ2v) is 7.43. The Balaban J connectivity index is 1.96. The number of anilines is 3. The number of imidazole rings is 1. The first-order chi connectivity index (χ1) is 15.1. The van der Waals surface area contributed by atoms with Crippen molar-refractivity contribution in [1.29, 1.82) is 0 Å². The molecular weight excluding hydrogens is 394 g/mol. The van der Waals surface area contributed by atoms with Crippen molar-refractivity contribution in [3.05, 3.63) is 35.2 Å². The molecule has 9 heteroatoms. The van der Waals surface area contributed by atoms with E-state index in [1.54, 1.807) is 25.3 Å². The van der Waals surface area contributed by atoms with E-state index in [9.17, 15) is 4.91 Å². The Hall–Kier alpha value is -3.20. The van der Waals surface area contributed by atoms with Crippen LogP contribution in [-0.4, -0.2) is 34.7 Å². The van der Waals surface area contributed by atoms with Crippen LogP contribution in [0.3, 0.4) is 0 Å². The van der Waals surface area contributed by atoms with Gasteiger partial charge in [-0.1, -0.05) is 26.7 Å². The van der Waals surface area contributed by atoms with Gasteiger partial charge in [0.15, 0.2) is 5.65 Å². The number of ether oxygens (including phenoxy) is 1. The van der Waals surface area contributed by atoms with Gasteiger partial charge in [0, 0.05) is 13.1 Å². The molecule has 3 rings (SSSR count). The van der Waals surface area contributed by atoms with E-state index in [1.165, 1.54) is 0 Å². The van der Waals surface area contributed by atoms with Crippen LogP contribution >= 0.6 is 0 Å². The maximum Gasteiger partial charge on any atom is 0.209 e. The Labute approximate surface area is 182 Å². The van der Waals surface area contributed by atoms with E-state index in [0.717, 1.165) is 42.8 Å². The number of nitroso groups, excluding NO2 is 1. The molecule has 0 aliphatic rings. The van der Waals surface area contributed by atoms with E-state index in [-0.39, 0.29) is 0 Å². The molecule has 0 aliphatic carbocycles.